The number of benzene rings is 1. The third kappa shape index (κ3) is 4.69. The van der Waals surface area contributed by atoms with Gasteiger partial charge in [-0.05, 0) is 32.3 Å². The molecular weight excluding hydrogens is 334 g/mol. The largest absolute Gasteiger partial charge is 0.483 e. The highest BCUT2D eigenvalue weighted by atomic mass is 79.9. The fraction of sp³-hybridized carbons (Fsp3) is 0.533. The molecule has 0 saturated carbocycles. The van der Waals surface area contributed by atoms with Crippen LogP contribution in [0.2, 0.25) is 0 Å². The standard InChI is InChI=1S/C15H22BrN3O2/c1-17-10-12-9-13(16)3-4-14(12)21-11-15(20)19-7-5-18(2)6-8-19/h3-4,9,17H,5-8,10-11H2,1-2H3. The lowest BCUT2D eigenvalue weighted by molar-refractivity contribution is -0.134. The highest BCUT2D eigenvalue weighted by molar-refractivity contribution is 9.10. The van der Waals surface area contributed by atoms with Crippen molar-refractivity contribution in [2.24, 2.45) is 0 Å². The predicted molar refractivity (Wildman–Crippen MR) is 86.5 cm³/mol. The maximum atomic E-state index is 12.2. The molecule has 0 atom stereocenters. The van der Waals surface area contributed by atoms with Crippen LogP contribution in [0.25, 0.3) is 0 Å². The smallest absolute Gasteiger partial charge is 0.260 e. The van der Waals surface area contributed by atoms with Gasteiger partial charge in [0.25, 0.3) is 5.91 Å². The molecule has 1 heterocycles. The van der Waals surface area contributed by atoms with Gasteiger partial charge in [-0.2, -0.15) is 0 Å². The summed E-state index contributed by atoms with van der Waals surface area (Å²) in [5, 5.41) is 3.11. The second-order valence-electron chi connectivity index (χ2n) is 5.26. The van der Waals surface area contributed by atoms with Crippen LogP contribution in [0.1, 0.15) is 5.56 Å². The van der Waals surface area contributed by atoms with Crippen molar-refractivity contribution in [3.8, 4) is 5.75 Å². The molecule has 0 radical (unpaired) electrons. The molecule has 0 aromatic heterocycles. The number of nitrogens with zero attached hydrogens (tertiary/aromatic N) is 2. The van der Waals surface area contributed by atoms with Crippen molar-refractivity contribution in [1.82, 2.24) is 15.1 Å². The van der Waals surface area contributed by atoms with E-state index in [0.717, 1.165) is 42.0 Å². The number of piperazine rings is 1. The van der Waals surface area contributed by atoms with E-state index in [1.807, 2.05) is 30.1 Å². The molecule has 116 valence electrons. The normalized spacial score (nSPS) is 16.0. The number of amides is 1. The first kappa shape index (κ1) is 16.3. The van der Waals surface area contributed by atoms with E-state index >= 15 is 0 Å². The van der Waals surface area contributed by atoms with Gasteiger partial charge in [-0.25, -0.2) is 0 Å². The fourth-order valence-electron chi connectivity index (χ4n) is 2.30. The molecule has 0 unspecified atom stereocenters. The summed E-state index contributed by atoms with van der Waals surface area (Å²) in [5.41, 5.74) is 1.04. The number of halogens is 1. The number of hydrogen-bond donors (Lipinski definition) is 1. The lowest BCUT2D eigenvalue weighted by Crippen LogP contribution is -2.48. The molecule has 1 aliphatic rings. The predicted octanol–water partition coefficient (Wildman–Crippen LogP) is 1.32. The minimum atomic E-state index is 0.0569. The Morgan fingerprint density at radius 2 is 2.05 bits per heavy atom. The van der Waals surface area contributed by atoms with Crippen LogP contribution in [0.4, 0.5) is 0 Å². The maximum Gasteiger partial charge on any atom is 0.260 e. The number of nitrogens with one attached hydrogen (secondary N) is 1. The van der Waals surface area contributed by atoms with Gasteiger partial charge in [-0.15, -0.1) is 0 Å². The highest BCUT2D eigenvalue weighted by Crippen LogP contribution is 2.23. The van der Waals surface area contributed by atoms with E-state index in [1.54, 1.807) is 0 Å². The van der Waals surface area contributed by atoms with Gasteiger partial charge in [0.15, 0.2) is 6.61 Å². The first-order valence-corrected chi connectivity index (χ1v) is 7.91. The Kier molecular flexibility index (Phi) is 6.02. The van der Waals surface area contributed by atoms with Crippen LogP contribution in [0.15, 0.2) is 22.7 Å². The first-order valence-electron chi connectivity index (χ1n) is 7.12. The molecular formula is C15H22BrN3O2. The van der Waals surface area contributed by atoms with Crippen LogP contribution in [0, 0.1) is 0 Å². The van der Waals surface area contributed by atoms with Gasteiger partial charge in [-0.3, -0.25) is 4.79 Å². The topological polar surface area (TPSA) is 44.8 Å². The Bertz CT molecular complexity index is 488. The minimum Gasteiger partial charge on any atom is -0.483 e. The van der Waals surface area contributed by atoms with Crippen molar-refractivity contribution in [3.05, 3.63) is 28.2 Å². The molecule has 21 heavy (non-hydrogen) atoms. The van der Waals surface area contributed by atoms with Crippen LogP contribution in [0.5, 0.6) is 5.75 Å². The zero-order valence-corrected chi connectivity index (χ0v) is 14.1. The molecule has 0 bridgehead atoms. The number of hydrogen-bond acceptors (Lipinski definition) is 4. The molecule has 2 rings (SSSR count). The van der Waals surface area contributed by atoms with Crippen molar-refractivity contribution >= 4 is 21.8 Å². The van der Waals surface area contributed by atoms with Crippen molar-refractivity contribution in [2.75, 3.05) is 46.9 Å². The van der Waals surface area contributed by atoms with Crippen LogP contribution in [0.3, 0.4) is 0 Å². The van der Waals surface area contributed by atoms with Crippen LogP contribution < -0.4 is 10.1 Å². The van der Waals surface area contributed by atoms with E-state index in [-0.39, 0.29) is 12.5 Å². The SMILES string of the molecule is CNCc1cc(Br)ccc1OCC(=O)N1CCN(C)CC1. The van der Waals surface area contributed by atoms with Gasteiger partial charge in [-0.1, -0.05) is 15.9 Å². The zero-order chi connectivity index (χ0) is 15.2. The van der Waals surface area contributed by atoms with E-state index < -0.39 is 0 Å². The monoisotopic (exact) mass is 355 g/mol. The summed E-state index contributed by atoms with van der Waals surface area (Å²) in [5.74, 6) is 0.816. The van der Waals surface area contributed by atoms with Gasteiger partial charge in [0.1, 0.15) is 5.75 Å². The summed E-state index contributed by atoms with van der Waals surface area (Å²) >= 11 is 3.45. The summed E-state index contributed by atoms with van der Waals surface area (Å²) in [6.07, 6.45) is 0. The Morgan fingerprint density at radius 1 is 1.33 bits per heavy atom. The summed E-state index contributed by atoms with van der Waals surface area (Å²) in [6, 6.07) is 5.83. The van der Waals surface area contributed by atoms with E-state index in [0.29, 0.717) is 6.54 Å². The van der Waals surface area contributed by atoms with E-state index in [4.69, 9.17) is 4.74 Å². The van der Waals surface area contributed by atoms with E-state index in [1.165, 1.54) is 0 Å². The van der Waals surface area contributed by atoms with E-state index in [2.05, 4.69) is 33.2 Å². The van der Waals surface area contributed by atoms with Crippen LogP contribution in [-0.4, -0.2) is 62.6 Å². The number of carbonyl (C=O) groups is 1. The second kappa shape index (κ2) is 7.77. The molecule has 6 heteroatoms. The number of rotatable bonds is 5. The molecule has 1 fully saturated rings. The first-order chi connectivity index (χ1) is 10.1. The third-order valence-corrected chi connectivity index (χ3v) is 4.09. The average Bonchev–Trinajstić information content (AvgIpc) is 2.47. The maximum absolute atomic E-state index is 12.2. The Labute approximate surface area is 134 Å². The van der Waals surface area contributed by atoms with Crippen molar-refractivity contribution in [2.45, 2.75) is 6.54 Å². The lowest BCUT2D eigenvalue weighted by atomic mass is 10.2. The van der Waals surface area contributed by atoms with Crippen molar-refractivity contribution in [1.29, 1.82) is 0 Å². The Morgan fingerprint density at radius 3 is 2.71 bits per heavy atom. The quantitative estimate of drug-likeness (QED) is 0.865. The molecule has 1 amide bonds. The third-order valence-electron chi connectivity index (χ3n) is 3.60. The molecule has 5 nitrogen and oxygen atoms in total. The van der Waals surface area contributed by atoms with Gasteiger partial charge >= 0.3 is 0 Å². The highest BCUT2D eigenvalue weighted by Gasteiger charge is 2.19. The van der Waals surface area contributed by atoms with Gasteiger partial charge in [0.05, 0.1) is 0 Å². The van der Waals surface area contributed by atoms with Crippen molar-refractivity contribution < 1.29 is 9.53 Å². The summed E-state index contributed by atoms with van der Waals surface area (Å²) < 4.78 is 6.73. The summed E-state index contributed by atoms with van der Waals surface area (Å²) in [6.45, 7) is 4.22. The molecule has 1 saturated heterocycles. The molecule has 1 aromatic rings. The van der Waals surface area contributed by atoms with Crippen LogP contribution >= 0.6 is 15.9 Å². The van der Waals surface area contributed by atoms with E-state index in [9.17, 15) is 4.79 Å². The van der Waals surface area contributed by atoms with Gasteiger partial charge in [0.2, 0.25) is 0 Å². The molecule has 1 aliphatic heterocycles. The van der Waals surface area contributed by atoms with Crippen molar-refractivity contribution in [3.63, 3.8) is 0 Å². The Balaban J connectivity index is 1.91. The number of likely N-dealkylation sites (N-methyl/N-ethyl adjacent to an activating group) is 1. The molecule has 0 spiro atoms. The van der Waals surface area contributed by atoms with Gasteiger partial charge in [0, 0.05) is 42.8 Å². The molecule has 1 N–H and O–H groups in total. The Hall–Kier alpha value is -1.11. The average molecular weight is 356 g/mol. The molecule has 1 aromatic carbocycles. The van der Waals surface area contributed by atoms with Gasteiger partial charge < -0.3 is 19.9 Å². The minimum absolute atomic E-state index is 0.0569. The lowest BCUT2D eigenvalue weighted by Gasteiger charge is -2.32. The number of ether oxygens (including phenoxy) is 1. The van der Waals surface area contributed by atoms with Crippen LogP contribution in [-0.2, 0) is 11.3 Å². The summed E-state index contributed by atoms with van der Waals surface area (Å²) in [7, 11) is 3.96. The second-order valence-corrected chi connectivity index (χ2v) is 6.17. The fourth-order valence-corrected chi connectivity index (χ4v) is 2.71. The number of carbonyl (C=O) groups excluding carboxylic acids is 1. The summed E-state index contributed by atoms with van der Waals surface area (Å²) in [4.78, 5) is 16.3. The zero-order valence-electron chi connectivity index (χ0n) is 12.6. The molecule has 0 aliphatic carbocycles.